The highest BCUT2D eigenvalue weighted by Gasteiger charge is 2.20. The summed E-state index contributed by atoms with van der Waals surface area (Å²) in [5.41, 5.74) is 0.975. The van der Waals surface area contributed by atoms with Crippen molar-refractivity contribution in [3.63, 3.8) is 0 Å². The lowest BCUT2D eigenvalue weighted by Crippen LogP contribution is -2.42. The van der Waals surface area contributed by atoms with Crippen molar-refractivity contribution in [2.24, 2.45) is 0 Å². The number of carbonyl (C=O) groups excluding carboxylic acids is 1. The summed E-state index contributed by atoms with van der Waals surface area (Å²) in [5.74, 6) is -2.12. The fourth-order valence-corrected chi connectivity index (χ4v) is 2.35. The molecule has 8 heteroatoms. The van der Waals surface area contributed by atoms with Crippen LogP contribution in [0, 0.1) is 0 Å². The van der Waals surface area contributed by atoms with E-state index < -0.39 is 24.1 Å². The predicted octanol–water partition coefficient (Wildman–Crippen LogP) is 2.35. The number of ether oxygens (including phenoxy) is 1. The number of rotatable bonds is 8. The Morgan fingerprint density at radius 3 is 2.33 bits per heavy atom. The molecule has 2 aromatic carbocycles. The van der Waals surface area contributed by atoms with Crippen LogP contribution < -0.4 is 5.32 Å². The van der Waals surface area contributed by atoms with Crippen LogP contribution in [0.4, 0.5) is 0 Å². The summed E-state index contributed by atoms with van der Waals surface area (Å²) in [6, 6.07) is 11.7. The third kappa shape index (κ3) is 6.80. The number of halogens is 1. The van der Waals surface area contributed by atoms with E-state index in [1.807, 2.05) is 0 Å². The van der Waals surface area contributed by atoms with Crippen LogP contribution in [0.15, 0.2) is 48.5 Å². The Hall–Kier alpha value is -2.77. The van der Waals surface area contributed by atoms with Crippen molar-refractivity contribution < 1.29 is 29.6 Å². The second-order valence-electron chi connectivity index (χ2n) is 5.91. The van der Waals surface area contributed by atoms with Crippen LogP contribution in [0.25, 0.3) is 0 Å². The molecule has 146 valence electrons. The molecule has 0 aliphatic carbocycles. The molecular weight excluding hydrogens is 374 g/mol. The van der Waals surface area contributed by atoms with Gasteiger partial charge >= 0.3 is 11.9 Å². The van der Waals surface area contributed by atoms with Crippen molar-refractivity contribution >= 4 is 24.3 Å². The number of carboxylic acid groups (broad SMARTS) is 1. The predicted molar refractivity (Wildman–Crippen MR) is 101 cm³/mol. The van der Waals surface area contributed by atoms with Crippen LogP contribution >= 0.6 is 12.4 Å². The van der Waals surface area contributed by atoms with E-state index in [1.54, 1.807) is 37.3 Å². The van der Waals surface area contributed by atoms with E-state index in [0.29, 0.717) is 11.1 Å². The average Bonchev–Trinajstić information content (AvgIpc) is 2.62. The number of phenols is 2. The summed E-state index contributed by atoms with van der Waals surface area (Å²) in [4.78, 5) is 23.4. The first kappa shape index (κ1) is 22.3. The van der Waals surface area contributed by atoms with E-state index in [9.17, 15) is 24.9 Å². The van der Waals surface area contributed by atoms with Gasteiger partial charge in [-0.1, -0.05) is 24.3 Å². The molecule has 2 aromatic rings. The molecule has 2 atom stereocenters. The highest BCUT2D eigenvalue weighted by Crippen LogP contribution is 2.25. The van der Waals surface area contributed by atoms with Gasteiger partial charge in [0.05, 0.1) is 5.56 Å². The minimum Gasteiger partial charge on any atom is -0.504 e. The van der Waals surface area contributed by atoms with E-state index in [1.165, 1.54) is 18.2 Å². The normalized spacial score (nSPS) is 12.5. The van der Waals surface area contributed by atoms with Crippen molar-refractivity contribution in [3.05, 3.63) is 59.7 Å². The summed E-state index contributed by atoms with van der Waals surface area (Å²) >= 11 is 0. The molecule has 0 aromatic heterocycles. The first-order valence-corrected chi connectivity index (χ1v) is 8.10. The van der Waals surface area contributed by atoms with Crippen molar-refractivity contribution in [1.82, 2.24) is 5.32 Å². The number of phenolic OH excluding ortho intramolecular Hbond substituents is 2. The molecule has 2 rings (SSSR count). The van der Waals surface area contributed by atoms with E-state index in [4.69, 9.17) is 4.74 Å². The number of carbonyl (C=O) groups is 2. The highest BCUT2D eigenvalue weighted by molar-refractivity contribution is 5.89. The van der Waals surface area contributed by atoms with Crippen LogP contribution in [0.3, 0.4) is 0 Å². The quantitative estimate of drug-likeness (QED) is 0.400. The second-order valence-corrected chi connectivity index (χ2v) is 5.91. The summed E-state index contributed by atoms with van der Waals surface area (Å²) < 4.78 is 5.28. The Bertz CT molecular complexity index is 768. The number of nitrogens with one attached hydrogen (secondary N) is 1. The van der Waals surface area contributed by atoms with Gasteiger partial charge in [0, 0.05) is 6.54 Å². The van der Waals surface area contributed by atoms with Crippen molar-refractivity contribution in [1.29, 1.82) is 0 Å². The van der Waals surface area contributed by atoms with Crippen LogP contribution in [0.2, 0.25) is 0 Å². The lowest BCUT2D eigenvalue weighted by Gasteiger charge is -2.19. The van der Waals surface area contributed by atoms with Gasteiger partial charge in [0.25, 0.3) is 0 Å². The van der Waals surface area contributed by atoms with E-state index in [0.717, 1.165) is 0 Å². The Morgan fingerprint density at radius 1 is 1.07 bits per heavy atom. The molecule has 0 amide bonds. The average molecular weight is 396 g/mol. The van der Waals surface area contributed by atoms with Gasteiger partial charge in [0.1, 0.15) is 12.1 Å². The molecule has 0 spiro atoms. The molecule has 27 heavy (non-hydrogen) atoms. The van der Waals surface area contributed by atoms with Crippen molar-refractivity contribution in [2.75, 3.05) is 6.54 Å². The number of benzene rings is 2. The van der Waals surface area contributed by atoms with Crippen LogP contribution in [-0.4, -0.2) is 45.9 Å². The number of hydrogen-bond donors (Lipinski definition) is 4. The zero-order valence-corrected chi connectivity index (χ0v) is 15.5. The summed E-state index contributed by atoms with van der Waals surface area (Å²) in [5, 5.41) is 31.0. The van der Waals surface area contributed by atoms with Gasteiger partial charge in [-0.2, -0.15) is 0 Å². The van der Waals surface area contributed by atoms with Crippen LogP contribution in [-0.2, 0) is 16.0 Å². The van der Waals surface area contributed by atoms with Gasteiger partial charge in [-0.25, -0.2) is 4.79 Å². The third-order valence-electron chi connectivity index (χ3n) is 3.75. The zero-order chi connectivity index (χ0) is 19.1. The Labute approximate surface area is 163 Å². The van der Waals surface area contributed by atoms with Gasteiger partial charge < -0.3 is 25.4 Å². The summed E-state index contributed by atoms with van der Waals surface area (Å²) in [6.45, 7) is 1.82. The summed E-state index contributed by atoms with van der Waals surface area (Å²) in [7, 11) is 0. The second kappa shape index (κ2) is 10.4. The van der Waals surface area contributed by atoms with Crippen LogP contribution in [0.5, 0.6) is 11.5 Å². The van der Waals surface area contributed by atoms with Gasteiger partial charge in [-0.3, -0.25) is 4.79 Å². The standard InChI is InChI=1S/C19H21NO6.ClH/c1-12(26-19(25)14-5-3-2-4-6-14)11-20-15(18(23)24)9-13-7-8-16(21)17(22)10-13;/h2-8,10,12,15,20-22H,9,11H2,1H3,(H,23,24);1H/t12?,15-;/m0./s1. The molecular formula is C19H22ClNO6. The Kier molecular flexibility index (Phi) is 8.58. The number of aliphatic carboxylic acids is 1. The zero-order valence-electron chi connectivity index (χ0n) is 14.7. The molecule has 0 bridgehead atoms. The molecule has 0 saturated carbocycles. The Morgan fingerprint density at radius 2 is 1.74 bits per heavy atom. The van der Waals surface area contributed by atoms with Crippen molar-refractivity contribution in [3.8, 4) is 11.5 Å². The maximum atomic E-state index is 12.0. The van der Waals surface area contributed by atoms with Crippen LogP contribution in [0.1, 0.15) is 22.8 Å². The molecule has 0 aliphatic heterocycles. The van der Waals surface area contributed by atoms with Gasteiger partial charge in [-0.05, 0) is 43.2 Å². The number of hydrogen-bond acceptors (Lipinski definition) is 6. The fraction of sp³-hybridized carbons (Fsp3) is 0.263. The van der Waals surface area contributed by atoms with E-state index >= 15 is 0 Å². The largest absolute Gasteiger partial charge is 0.504 e. The lowest BCUT2D eigenvalue weighted by molar-refractivity contribution is -0.139. The number of aromatic hydroxyl groups is 2. The molecule has 4 N–H and O–H groups in total. The first-order valence-electron chi connectivity index (χ1n) is 8.10. The number of esters is 1. The van der Waals surface area contributed by atoms with Gasteiger partial charge in [0.2, 0.25) is 0 Å². The van der Waals surface area contributed by atoms with E-state index in [2.05, 4.69) is 5.32 Å². The molecule has 1 unspecified atom stereocenters. The minimum atomic E-state index is -1.07. The summed E-state index contributed by atoms with van der Waals surface area (Å²) in [6.07, 6.45) is -0.430. The molecule has 7 nitrogen and oxygen atoms in total. The topological polar surface area (TPSA) is 116 Å². The van der Waals surface area contributed by atoms with E-state index in [-0.39, 0.29) is 36.9 Å². The van der Waals surface area contributed by atoms with Crippen molar-refractivity contribution in [2.45, 2.75) is 25.5 Å². The lowest BCUT2D eigenvalue weighted by atomic mass is 10.1. The Balaban J connectivity index is 0.00000364. The minimum absolute atomic E-state index is 0. The van der Waals surface area contributed by atoms with Gasteiger partial charge in [-0.15, -0.1) is 12.4 Å². The molecule has 0 aliphatic rings. The molecule has 0 heterocycles. The molecule has 0 saturated heterocycles. The SMILES string of the molecule is CC(CN[C@@H](Cc1ccc(O)c(O)c1)C(=O)O)OC(=O)c1ccccc1.Cl. The molecule has 0 fully saturated rings. The molecule has 0 radical (unpaired) electrons. The monoisotopic (exact) mass is 395 g/mol. The van der Waals surface area contributed by atoms with Gasteiger partial charge in [0.15, 0.2) is 11.5 Å². The fourth-order valence-electron chi connectivity index (χ4n) is 2.35. The smallest absolute Gasteiger partial charge is 0.338 e. The third-order valence-corrected chi connectivity index (χ3v) is 3.75. The number of carboxylic acids is 1. The highest BCUT2D eigenvalue weighted by atomic mass is 35.5. The maximum absolute atomic E-state index is 12.0. The first-order chi connectivity index (χ1) is 12.4. The maximum Gasteiger partial charge on any atom is 0.338 e.